The molecule has 1 heterocycles. The monoisotopic (exact) mass is 261 g/mol. The van der Waals surface area contributed by atoms with E-state index in [9.17, 15) is 13.2 Å². The Balaban J connectivity index is 3.13. The first-order valence-electron chi connectivity index (χ1n) is 5.05. The van der Waals surface area contributed by atoms with Crippen LogP contribution in [0.1, 0.15) is 19.6 Å². The molecule has 0 saturated heterocycles. The SMILES string of the molecule is Cc1ccc(S(=O)(=O)N(CC(=O)O)C(C)C)o1. The third kappa shape index (κ3) is 3.07. The van der Waals surface area contributed by atoms with Gasteiger partial charge >= 0.3 is 5.97 Å². The second-order valence-corrected chi connectivity index (χ2v) is 5.72. The Morgan fingerprint density at radius 2 is 2.06 bits per heavy atom. The molecule has 1 aromatic rings. The van der Waals surface area contributed by atoms with Crippen molar-refractivity contribution in [1.82, 2.24) is 4.31 Å². The summed E-state index contributed by atoms with van der Waals surface area (Å²) in [6, 6.07) is 2.38. The van der Waals surface area contributed by atoms with Crippen molar-refractivity contribution in [1.29, 1.82) is 0 Å². The van der Waals surface area contributed by atoms with E-state index in [0.29, 0.717) is 5.76 Å². The van der Waals surface area contributed by atoms with Crippen molar-refractivity contribution < 1.29 is 22.7 Å². The van der Waals surface area contributed by atoms with Crippen molar-refractivity contribution in [2.45, 2.75) is 31.9 Å². The highest BCUT2D eigenvalue weighted by Crippen LogP contribution is 2.20. The van der Waals surface area contributed by atoms with Gasteiger partial charge in [0.05, 0.1) is 0 Å². The summed E-state index contributed by atoms with van der Waals surface area (Å²) in [5.41, 5.74) is 0. The van der Waals surface area contributed by atoms with E-state index in [0.717, 1.165) is 4.31 Å². The fraction of sp³-hybridized carbons (Fsp3) is 0.500. The molecule has 0 bridgehead atoms. The Kier molecular flexibility index (Phi) is 3.94. The number of nitrogens with zero attached hydrogens (tertiary/aromatic N) is 1. The number of rotatable bonds is 5. The lowest BCUT2D eigenvalue weighted by atomic mass is 10.4. The largest absolute Gasteiger partial charge is 0.480 e. The first-order chi connectivity index (χ1) is 7.75. The second kappa shape index (κ2) is 4.89. The van der Waals surface area contributed by atoms with Crippen LogP contribution in [-0.4, -0.2) is 36.4 Å². The van der Waals surface area contributed by atoms with E-state index in [-0.39, 0.29) is 5.09 Å². The number of carbonyl (C=O) groups is 1. The van der Waals surface area contributed by atoms with Crippen LogP contribution in [0.4, 0.5) is 0 Å². The van der Waals surface area contributed by atoms with Crippen molar-refractivity contribution in [2.75, 3.05) is 6.54 Å². The first-order valence-corrected chi connectivity index (χ1v) is 6.49. The summed E-state index contributed by atoms with van der Waals surface area (Å²) in [6.07, 6.45) is 0. The molecule has 0 amide bonds. The highest BCUT2D eigenvalue weighted by atomic mass is 32.2. The molecule has 0 fully saturated rings. The van der Waals surface area contributed by atoms with Crippen molar-refractivity contribution in [2.24, 2.45) is 0 Å². The Morgan fingerprint density at radius 1 is 1.47 bits per heavy atom. The molecule has 96 valence electrons. The molecule has 0 aliphatic rings. The lowest BCUT2D eigenvalue weighted by Gasteiger charge is -2.22. The van der Waals surface area contributed by atoms with Crippen LogP contribution >= 0.6 is 0 Å². The molecule has 1 rings (SSSR count). The highest BCUT2D eigenvalue weighted by Gasteiger charge is 2.31. The quantitative estimate of drug-likeness (QED) is 0.856. The molecule has 0 aromatic carbocycles. The summed E-state index contributed by atoms with van der Waals surface area (Å²) in [6.45, 7) is 4.25. The minimum absolute atomic E-state index is 0.232. The molecule has 1 aromatic heterocycles. The number of hydrogen-bond acceptors (Lipinski definition) is 4. The zero-order chi connectivity index (χ0) is 13.2. The van der Waals surface area contributed by atoms with Gasteiger partial charge in [-0.05, 0) is 32.9 Å². The van der Waals surface area contributed by atoms with Gasteiger partial charge in [0.15, 0.2) is 0 Å². The van der Waals surface area contributed by atoms with Crippen LogP contribution < -0.4 is 0 Å². The molecule has 7 heteroatoms. The van der Waals surface area contributed by atoms with Crippen molar-refractivity contribution in [3.8, 4) is 0 Å². The van der Waals surface area contributed by atoms with Gasteiger partial charge in [-0.2, -0.15) is 4.31 Å². The summed E-state index contributed by atoms with van der Waals surface area (Å²) in [5, 5.41) is 8.48. The summed E-state index contributed by atoms with van der Waals surface area (Å²) in [5.74, 6) is -0.742. The Labute approximate surface area is 99.9 Å². The Bertz CT molecular complexity index is 503. The van der Waals surface area contributed by atoms with E-state index >= 15 is 0 Å². The van der Waals surface area contributed by atoms with E-state index in [2.05, 4.69) is 0 Å². The minimum Gasteiger partial charge on any atom is -0.480 e. The lowest BCUT2D eigenvalue weighted by molar-refractivity contribution is -0.137. The van der Waals surface area contributed by atoms with Gasteiger partial charge in [-0.25, -0.2) is 8.42 Å². The summed E-state index contributed by atoms with van der Waals surface area (Å²) in [4.78, 5) is 10.7. The van der Waals surface area contributed by atoms with Gasteiger partial charge in [0.25, 0.3) is 10.0 Å². The Morgan fingerprint density at radius 3 is 2.41 bits per heavy atom. The van der Waals surface area contributed by atoms with Gasteiger partial charge in [-0.1, -0.05) is 0 Å². The number of carboxylic acids is 1. The predicted molar refractivity (Wildman–Crippen MR) is 60.1 cm³/mol. The van der Waals surface area contributed by atoms with Gasteiger partial charge in [0, 0.05) is 6.04 Å². The molecule has 17 heavy (non-hydrogen) atoms. The number of aryl methyl sites for hydroxylation is 1. The zero-order valence-electron chi connectivity index (χ0n) is 9.87. The molecule has 6 nitrogen and oxygen atoms in total. The van der Waals surface area contributed by atoms with Gasteiger partial charge in [0.1, 0.15) is 12.3 Å². The minimum atomic E-state index is -3.89. The van der Waals surface area contributed by atoms with Gasteiger partial charge in [-0.15, -0.1) is 0 Å². The number of hydrogen-bond donors (Lipinski definition) is 1. The van der Waals surface area contributed by atoms with Crippen LogP contribution in [0.25, 0.3) is 0 Å². The normalized spacial score (nSPS) is 12.3. The van der Waals surface area contributed by atoms with E-state index in [1.807, 2.05) is 0 Å². The Hall–Kier alpha value is -1.34. The molecular formula is C10H15NO5S. The van der Waals surface area contributed by atoms with Crippen molar-refractivity contribution in [3.63, 3.8) is 0 Å². The second-order valence-electron chi connectivity index (χ2n) is 3.90. The number of sulfonamides is 1. The fourth-order valence-corrected chi connectivity index (χ4v) is 2.89. The summed E-state index contributed by atoms with van der Waals surface area (Å²) < 4.78 is 30.1. The van der Waals surface area contributed by atoms with Gasteiger partial charge < -0.3 is 9.52 Å². The topological polar surface area (TPSA) is 87.8 Å². The third-order valence-electron chi connectivity index (χ3n) is 2.15. The van der Waals surface area contributed by atoms with E-state index in [4.69, 9.17) is 9.52 Å². The van der Waals surface area contributed by atoms with Gasteiger partial charge in [0.2, 0.25) is 5.09 Å². The number of aliphatic carboxylic acids is 1. The molecule has 1 N–H and O–H groups in total. The molecular weight excluding hydrogens is 246 g/mol. The number of furan rings is 1. The van der Waals surface area contributed by atoms with Crippen LogP contribution in [0.5, 0.6) is 0 Å². The summed E-state index contributed by atoms with van der Waals surface area (Å²) >= 11 is 0. The van der Waals surface area contributed by atoms with E-state index in [1.165, 1.54) is 12.1 Å². The maximum atomic E-state index is 12.1. The van der Waals surface area contributed by atoms with Crippen LogP contribution in [0, 0.1) is 6.92 Å². The lowest BCUT2D eigenvalue weighted by Crippen LogP contribution is -2.40. The maximum absolute atomic E-state index is 12.1. The predicted octanol–water partition coefficient (Wildman–Crippen LogP) is 1.07. The molecule has 0 unspecified atom stereocenters. The van der Waals surface area contributed by atoms with E-state index < -0.39 is 28.6 Å². The van der Waals surface area contributed by atoms with Crippen LogP contribution in [0.15, 0.2) is 21.6 Å². The number of carboxylic acid groups (broad SMARTS) is 1. The molecule has 0 aliphatic carbocycles. The van der Waals surface area contributed by atoms with Gasteiger partial charge in [-0.3, -0.25) is 4.79 Å². The smallest absolute Gasteiger partial charge is 0.318 e. The molecule has 0 saturated carbocycles. The van der Waals surface area contributed by atoms with Crippen LogP contribution in [0.2, 0.25) is 0 Å². The average molecular weight is 261 g/mol. The van der Waals surface area contributed by atoms with Crippen LogP contribution in [-0.2, 0) is 14.8 Å². The fourth-order valence-electron chi connectivity index (χ4n) is 1.34. The van der Waals surface area contributed by atoms with Crippen molar-refractivity contribution >= 4 is 16.0 Å². The standard InChI is InChI=1S/C10H15NO5S/c1-7(2)11(6-9(12)13)17(14,15)10-5-4-8(3)16-10/h4-5,7H,6H2,1-3H3,(H,12,13). The highest BCUT2D eigenvalue weighted by molar-refractivity contribution is 7.89. The molecule has 0 atom stereocenters. The first kappa shape index (κ1) is 13.7. The van der Waals surface area contributed by atoms with Crippen molar-refractivity contribution in [3.05, 3.63) is 17.9 Å². The summed E-state index contributed by atoms with van der Waals surface area (Å²) in [7, 11) is -3.89. The van der Waals surface area contributed by atoms with E-state index in [1.54, 1.807) is 20.8 Å². The average Bonchev–Trinajstić information content (AvgIpc) is 2.61. The third-order valence-corrected chi connectivity index (χ3v) is 4.04. The zero-order valence-corrected chi connectivity index (χ0v) is 10.7. The molecule has 0 aliphatic heterocycles. The molecule has 0 spiro atoms. The van der Waals surface area contributed by atoms with Crippen LogP contribution in [0.3, 0.4) is 0 Å². The maximum Gasteiger partial charge on any atom is 0.318 e. The molecule has 0 radical (unpaired) electrons.